The summed E-state index contributed by atoms with van der Waals surface area (Å²) in [5.74, 6) is 1.34. The number of aromatic amines is 1. The van der Waals surface area contributed by atoms with Gasteiger partial charge in [0.2, 0.25) is 0 Å². The van der Waals surface area contributed by atoms with E-state index in [1.807, 2.05) is 18.2 Å². The van der Waals surface area contributed by atoms with Gasteiger partial charge in [0.15, 0.2) is 0 Å². The van der Waals surface area contributed by atoms with Crippen LogP contribution in [0.4, 0.5) is 0 Å². The minimum Gasteiger partial charge on any atom is -0.497 e. The third-order valence-corrected chi connectivity index (χ3v) is 3.45. The lowest BCUT2D eigenvalue weighted by molar-refractivity contribution is 0.273. The van der Waals surface area contributed by atoms with E-state index in [9.17, 15) is 4.79 Å². The maximum absolute atomic E-state index is 12.0. The third kappa shape index (κ3) is 3.11. The van der Waals surface area contributed by atoms with Crippen LogP contribution >= 0.6 is 0 Å². The molecule has 0 aliphatic heterocycles. The van der Waals surface area contributed by atoms with Crippen LogP contribution in [-0.2, 0) is 6.61 Å². The number of fused-ring (bicyclic) bond motifs is 1. The molecule has 6 heteroatoms. The van der Waals surface area contributed by atoms with Crippen molar-refractivity contribution in [1.29, 1.82) is 0 Å². The SMILES string of the molecule is COc1ccc(COc2nc3ccccc3c(=O)[nH]2)c(OC)c1. The smallest absolute Gasteiger partial charge is 0.297 e. The number of rotatable bonds is 5. The van der Waals surface area contributed by atoms with Crippen LogP contribution in [0.3, 0.4) is 0 Å². The van der Waals surface area contributed by atoms with E-state index in [1.54, 1.807) is 38.5 Å². The van der Waals surface area contributed by atoms with E-state index in [0.29, 0.717) is 22.4 Å². The van der Waals surface area contributed by atoms with E-state index in [2.05, 4.69) is 9.97 Å². The van der Waals surface area contributed by atoms with Gasteiger partial charge in [-0.15, -0.1) is 0 Å². The summed E-state index contributed by atoms with van der Waals surface area (Å²) in [6.07, 6.45) is 0. The Morgan fingerprint density at radius 1 is 1.09 bits per heavy atom. The summed E-state index contributed by atoms with van der Waals surface area (Å²) >= 11 is 0. The molecular formula is C17H16N2O4. The second kappa shape index (κ2) is 6.39. The predicted octanol–water partition coefficient (Wildman–Crippen LogP) is 2.52. The molecule has 6 nitrogen and oxygen atoms in total. The molecule has 23 heavy (non-hydrogen) atoms. The Morgan fingerprint density at radius 2 is 1.91 bits per heavy atom. The Morgan fingerprint density at radius 3 is 2.70 bits per heavy atom. The zero-order valence-electron chi connectivity index (χ0n) is 12.8. The molecule has 1 aromatic heterocycles. The molecule has 3 aromatic rings. The molecule has 0 radical (unpaired) electrons. The first-order valence-corrected chi connectivity index (χ1v) is 7.04. The van der Waals surface area contributed by atoms with Crippen molar-refractivity contribution in [3.05, 3.63) is 58.4 Å². The summed E-state index contributed by atoms with van der Waals surface area (Å²) in [4.78, 5) is 18.9. The molecule has 1 heterocycles. The highest BCUT2D eigenvalue weighted by molar-refractivity contribution is 5.77. The van der Waals surface area contributed by atoms with Crippen molar-refractivity contribution in [2.24, 2.45) is 0 Å². The number of benzene rings is 2. The van der Waals surface area contributed by atoms with Crippen LogP contribution in [-0.4, -0.2) is 24.2 Å². The standard InChI is InChI=1S/C17H16N2O4/c1-21-12-8-7-11(15(9-12)22-2)10-23-17-18-14-6-4-3-5-13(14)16(20)19-17/h3-9H,10H2,1-2H3,(H,18,19,20). The van der Waals surface area contributed by atoms with Crippen LogP contribution in [0.25, 0.3) is 10.9 Å². The highest BCUT2D eigenvalue weighted by atomic mass is 16.5. The third-order valence-electron chi connectivity index (χ3n) is 3.45. The van der Waals surface area contributed by atoms with Gasteiger partial charge in [-0.1, -0.05) is 12.1 Å². The highest BCUT2D eigenvalue weighted by Crippen LogP contribution is 2.25. The molecule has 0 aliphatic rings. The van der Waals surface area contributed by atoms with Crippen molar-refractivity contribution in [3.8, 4) is 17.5 Å². The maximum atomic E-state index is 12.0. The van der Waals surface area contributed by atoms with Crippen molar-refractivity contribution in [2.45, 2.75) is 6.61 Å². The van der Waals surface area contributed by atoms with Crippen LogP contribution < -0.4 is 19.8 Å². The number of methoxy groups -OCH3 is 2. The number of H-pyrrole nitrogens is 1. The summed E-state index contributed by atoms with van der Waals surface area (Å²) in [5.41, 5.74) is 1.18. The van der Waals surface area contributed by atoms with E-state index < -0.39 is 0 Å². The molecule has 0 atom stereocenters. The summed E-state index contributed by atoms with van der Waals surface area (Å²) < 4.78 is 16.1. The lowest BCUT2D eigenvalue weighted by atomic mass is 10.2. The fraction of sp³-hybridized carbons (Fsp3) is 0.176. The van der Waals surface area contributed by atoms with Crippen molar-refractivity contribution < 1.29 is 14.2 Å². The fourth-order valence-electron chi connectivity index (χ4n) is 2.25. The maximum Gasteiger partial charge on any atom is 0.297 e. The molecule has 0 unspecified atom stereocenters. The van der Waals surface area contributed by atoms with Gasteiger partial charge >= 0.3 is 0 Å². The quantitative estimate of drug-likeness (QED) is 0.783. The molecule has 3 rings (SSSR count). The van der Waals surface area contributed by atoms with Gasteiger partial charge in [0.1, 0.15) is 18.1 Å². The second-order valence-electron chi connectivity index (χ2n) is 4.85. The molecular weight excluding hydrogens is 296 g/mol. The zero-order chi connectivity index (χ0) is 16.2. The van der Waals surface area contributed by atoms with Crippen molar-refractivity contribution in [3.63, 3.8) is 0 Å². The Bertz CT molecular complexity index is 889. The molecule has 0 spiro atoms. The number of ether oxygens (including phenoxy) is 3. The lowest BCUT2D eigenvalue weighted by Gasteiger charge is -2.11. The van der Waals surface area contributed by atoms with Crippen molar-refractivity contribution >= 4 is 10.9 Å². The van der Waals surface area contributed by atoms with Crippen LogP contribution in [0.15, 0.2) is 47.3 Å². The Kier molecular flexibility index (Phi) is 4.14. The summed E-state index contributed by atoms with van der Waals surface area (Å²) in [7, 11) is 3.17. The van der Waals surface area contributed by atoms with Crippen LogP contribution in [0, 0.1) is 0 Å². The first-order valence-electron chi connectivity index (χ1n) is 7.04. The minimum atomic E-state index is -0.229. The molecule has 0 fully saturated rings. The van der Waals surface area contributed by atoms with Gasteiger partial charge in [-0.25, -0.2) is 0 Å². The first-order chi connectivity index (χ1) is 11.2. The van der Waals surface area contributed by atoms with Gasteiger partial charge in [-0.05, 0) is 24.3 Å². The van der Waals surface area contributed by atoms with E-state index in [-0.39, 0.29) is 18.2 Å². The van der Waals surface area contributed by atoms with Gasteiger partial charge in [-0.3, -0.25) is 9.78 Å². The molecule has 0 saturated heterocycles. The molecule has 118 valence electrons. The second-order valence-corrected chi connectivity index (χ2v) is 4.85. The van der Waals surface area contributed by atoms with Crippen molar-refractivity contribution in [1.82, 2.24) is 9.97 Å². The topological polar surface area (TPSA) is 73.4 Å². The van der Waals surface area contributed by atoms with Gasteiger partial charge in [0.05, 0.1) is 25.1 Å². The lowest BCUT2D eigenvalue weighted by Crippen LogP contribution is -2.11. The average Bonchev–Trinajstić information content (AvgIpc) is 2.60. The van der Waals surface area contributed by atoms with Crippen LogP contribution in [0.2, 0.25) is 0 Å². The summed E-state index contributed by atoms with van der Waals surface area (Å²) in [6.45, 7) is 0.217. The Labute approximate surface area is 132 Å². The number of nitrogens with zero attached hydrogens (tertiary/aromatic N) is 1. The number of hydrogen-bond donors (Lipinski definition) is 1. The Balaban J connectivity index is 1.85. The summed E-state index contributed by atoms with van der Waals surface area (Å²) in [6, 6.07) is 12.7. The molecule has 0 bridgehead atoms. The van der Waals surface area contributed by atoms with E-state index in [0.717, 1.165) is 5.56 Å². The van der Waals surface area contributed by atoms with Crippen molar-refractivity contribution in [2.75, 3.05) is 14.2 Å². The number of aromatic nitrogens is 2. The van der Waals surface area contributed by atoms with Gasteiger partial charge in [-0.2, -0.15) is 4.98 Å². The van der Waals surface area contributed by atoms with Gasteiger partial charge in [0, 0.05) is 11.6 Å². The van der Waals surface area contributed by atoms with E-state index in [1.165, 1.54) is 0 Å². The molecule has 2 aromatic carbocycles. The minimum absolute atomic E-state index is 0.173. The monoisotopic (exact) mass is 312 g/mol. The average molecular weight is 312 g/mol. The fourth-order valence-corrected chi connectivity index (χ4v) is 2.25. The molecule has 1 N–H and O–H groups in total. The largest absolute Gasteiger partial charge is 0.497 e. The van der Waals surface area contributed by atoms with E-state index >= 15 is 0 Å². The Hall–Kier alpha value is -3.02. The number of hydrogen-bond acceptors (Lipinski definition) is 5. The number of para-hydroxylation sites is 1. The molecule has 0 amide bonds. The van der Waals surface area contributed by atoms with Gasteiger partial charge in [0.25, 0.3) is 11.6 Å². The number of nitrogens with one attached hydrogen (secondary N) is 1. The highest BCUT2D eigenvalue weighted by Gasteiger charge is 2.08. The van der Waals surface area contributed by atoms with Gasteiger partial charge < -0.3 is 14.2 Å². The van der Waals surface area contributed by atoms with Crippen LogP contribution in [0.5, 0.6) is 17.5 Å². The van der Waals surface area contributed by atoms with Crippen LogP contribution in [0.1, 0.15) is 5.56 Å². The summed E-state index contributed by atoms with van der Waals surface area (Å²) in [5, 5.41) is 0.530. The van der Waals surface area contributed by atoms with E-state index in [4.69, 9.17) is 14.2 Å². The predicted molar refractivity (Wildman–Crippen MR) is 86.2 cm³/mol. The first kappa shape index (κ1) is 14.9. The zero-order valence-corrected chi connectivity index (χ0v) is 12.8. The normalized spacial score (nSPS) is 10.5. The molecule has 0 aliphatic carbocycles. The molecule has 0 saturated carbocycles.